The van der Waals surface area contributed by atoms with Gasteiger partial charge in [0.25, 0.3) is 0 Å². The number of fused-ring (bicyclic) bond motifs is 9. The third-order valence-corrected chi connectivity index (χ3v) is 32.9. The fourth-order valence-electron chi connectivity index (χ4n) is 23.1. The second-order valence-electron chi connectivity index (χ2n) is 43.0. The average molecular weight is 2090 g/mol. The molecule has 0 radical (unpaired) electrons. The molecule has 3 aliphatic carbocycles. The molecule has 2 heterocycles. The highest BCUT2D eigenvalue weighted by atomic mass is 79.9. The summed E-state index contributed by atoms with van der Waals surface area (Å²) in [4.78, 5) is 14.0. The Kier molecular flexibility index (Phi) is 35.4. The van der Waals surface area contributed by atoms with Crippen LogP contribution in [0.15, 0.2) is 337 Å². The smallest absolute Gasteiger partial charge is 0.405 e. The summed E-state index contributed by atoms with van der Waals surface area (Å²) in [6.07, 6.45) is 13.6. The molecule has 148 heavy (non-hydrogen) atoms. The quantitative estimate of drug-likeness (QED) is 0.0365. The normalized spacial score (nSPS) is 16.0. The Morgan fingerprint density at radius 3 is 0.723 bits per heavy atom. The summed E-state index contributed by atoms with van der Waals surface area (Å²) < 4.78 is 25.5. The molecule has 2 aliphatic heterocycles. The van der Waals surface area contributed by atoms with Gasteiger partial charge in [0.05, 0.1) is 26.4 Å². The van der Waals surface area contributed by atoms with Gasteiger partial charge in [-0.3, -0.25) is 0 Å². The van der Waals surface area contributed by atoms with Crippen molar-refractivity contribution in [2.24, 2.45) is 0 Å². The minimum Gasteiger partial charge on any atom is -0.405 e. The fraction of sp³-hybridized carbons (Fsp3) is 0.328. The Morgan fingerprint density at radius 2 is 0.466 bits per heavy atom. The second kappa shape index (κ2) is 48.6. The van der Waals surface area contributed by atoms with E-state index in [0.29, 0.717) is 44.2 Å². The van der Waals surface area contributed by atoms with Gasteiger partial charge in [-0.25, -0.2) is 0 Å². The highest BCUT2D eigenvalue weighted by Crippen LogP contribution is 2.58. The lowest BCUT2D eigenvalue weighted by Gasteiger charge is -2.34. The van der Waals surface area contributed by atoms with Crippen LogP contribution < -0.4 is 25.6 Å². The molecule has 0 saturated carbocycles. The molecule has 0 N–H and O–H groups in total. The SMILES string of the molecule is CCC(C)c1ccc(N(c2ccc(Br)cc2)c2ccc(Br)cc2)cc1.CCCC1(CCN(C)C)c2cc(B3OCCO3)ccc2-c2ccc(B3OCCO3)cc21.CCCC1(CCN(C)C)c2cc(C)ccc2-c2ccc(-c3ccc(N(c4ccc(C)cc4)c4ccc(C(C)CC)cc4)cc3)cc21.CCCC1(CCN(C)C)c2cc(C)ccc2-c2ccc(-c3ccc(N(c4ccc(C)cc4)c4ccc(C(C)CC)cc4)cc3)cc21. The summed E-state index contributed by atoms with van der Waals surface area (Å²) in [6, 6.07) is 122. The zero-order valence-electron chi connectivity index (χ0n) is 91.1. The van der Waals surface area contributed by atoms with Crippen molar-refractivity contribution < 1.29 is 18.6 Å². The molecule has 2 fully saturated rings. The van der Waals surface area contributed by atoms with E-state index in [1.807, 2.05) is 0 Å². The largest absolute Gasteiger partial charge is 0.494 e. The Balaban J connectivity index is 0.000000138. The van der Waals surface area contributed by atoms with Gasteiger partial charge in [0.2, 0.25) is 0 Å². The molecule has 14 heteroatoms. The molecule has 5 unspecified atom stereocenters. The topological polar surface area (TPSA) is 56.4 Å². The summed E-state index contributed by atoms with van der Waals surface area (Å²) in [6.45, 7) is 35.2. The predicted octanol–water partition coefficient (Wildman–Crippen LogP) is 34.3. The van der Waals surface area contributed by atoms with E-state index >= 15 is 0 Å². The number of nitrogens with zero attached hydrogens (tertiary/aromatic N) is 6. The van der Waals surface area contributed by atoms with Crippen molar-refractivity contribution >= 4 is 108 Å². The number of aryl methyl sites for hydroxylation is 4. The number of hydrogen-bond donors (Lipinski definition) is 0. The lowest BCUT2D eigenvalue weighted by Crippen LogP contribution is -2.36. The molecule has 5 aliphatic rings. The zero-order chi connectivity index (χ0) is 104. The minimum atomic E-state index is -0.252. The van der Waals surface area contributed by atoms with Gasteiger partial charge < -0.3 is 48.0 Å². The standard InChI is InChI=1S/2C44H50N2.C24H31B2NO4.C22H21Br2N/c2*1-8-26-44(27-28-45(6)7)42-29-32(4)12-24-40(42)41-25-17-36(30-43(41)44)35-15-22-39(23-16-35)46(37-18-10-31(3)11-19-37)38-20-13-34(14-21-38)33(5)9-2;1-4-9-24(10-11-27(2)3)22-16-18(25-28-12-13-29-25)5-7-20(22)21-8-6-19(17-23(21)24)26-30-14-15-31-26;1-3-16(2)17-4-10-20(11-5-17)25(21-12-6-18(23)7-13-21)22-14-8-19(24)9-15-22/h2*10-25,29-30,33H,8-9,26-28H2,1-7H3;5-8,16-17H,4,9-15H2,1-3H3;4-16H,3H2,1-2H3. The first-order chi connectivity index (χ1) is 71.7. The first-order valence-electron chi connectivity index (χ1n) is 54.5. The van der Waals surface area contributed by atoms with Crippen LogP contribution in [0.4, 0.5) is 51.2 Å². The van der Waals surface area contributed by atoms with Gasteiger partial charge in [-0.15, -0.1) is 0 Å². The molecule has 0 aromatic heterocycles. The maximum absolute atomic E-state index is 5.83. The molecule has 762 valence electrons. The van der Waals surface area contributed by atoms with Crippen molar-refractivity contribution in [3.63, 3.8) is 0 Å². The van der Waals surface area contributed by atoms with Crippen LogP contribution in [0.5, 0.6) is 0 Å². The third-order valence-electron chi connectivity index (χ3n) is 31.9. The molecule has 0 spiro atoms. The number of rotatable bonds is 34. The molecular formula is C134H152B2Br2N6O4. The highest BCUT2D eigenvalue weighted by Gasteiger charge is 2.47. The van der Waals surface area contributed by atoms with Gasteiger partial charge in [-0.1, -0.05) is 318 Å². The molecule has 0 amide bonds. The lowest BCUT2D eigenvalue weighted by molar-refractivity contribution is 0.333. The summed E-state index contributed by atoms with van der Waals surface area (Å²) in [5, 5.41) is 0. The molecule has 20 rings (SSSR count). The predicted molar refractivity (Wildman–Crippen MR) is 639 cm³/mol. The molecule has 0 bridgehead atoms. The molecule has 15 aromatic rings. The molecule has 2 saturated heterocycles. The van der Waals surface area contributed by atoms with E-state index < -0.39 is 0 Å². The fourth-order valence-corrected chi connectivity index (χ4v) is 23.6. The van der Waals surface area contributed by atoms with Crippen LogP contribution in [0.2, 0.25) is 0 Å². The maximum Gasteiger partial charge on any atom is 0.494 e. The van der Waals surface area contributed by atoms with Crippen molar-refractivity contribution in [2.75, 3.05) is 103 Å². The molecular weight excluding hydrogens is 1940 g/mol. The third kappa shape index (κ3) is 23.6. The summed E-state index contributed by atoms with van der Waals surface area (Å²) >= 11 is 7.05. The molecule has 15 aromatic carbocycles. The van der Waals surface area contributed by atoms with Crippen LogP contribution in [-0.4, -0.2) is 117 Å². The number of anilines is 9. The lowest BCUT2D eigenvalue weighted by atomic mass is 9.68. The van der Waals surface area contributed by atoms with Crippen molar-refractivity contribution in [3.05, 3.63) is 409 Å². The van der Waals surface area contributed by atoms with Gasteiger partial charge in [0.1, 0.15) is 0 Å². The zero-order valence-corrected chi connectivity index (χ0v) is 94.2. The molecule has 10 nitrogen and oxygen atoms in total. The maximum atomic E-state index is 5.83. The Morgan fingerprint density at radius 1 is 0.250 bits per heavy atom. The van der Waals surface area contributed by atoms with Crippen LogP contribution in [0.3, 0.4) is 0 Å². The van der Waals surface area contributed by atoms with E-state index in [-0.39, 0.29) is 30.5 Å². The van der Waals surface area contributed by atoms with Crippen LogP contribution in [0.25, 0.3) is 55.6 Å². The van der Waals surface area contributed by atoms with E-state index in [9.17, 15) is 0 Å². The Hall–Kier alpha value is -11.5. The van der Waals surface area contributed by atoms with E-state index in [4.69, 9.17) is 18.6 Å². The monoisotopic (exact) mass is 2090 g/mol. The van der Waals surface area contributed by atoms with Crippen molar-refractivity contribution in [2.45, 2.75) is 201 Å². The average Bonchev–Trinajstić information content (AvgIpc) is 1.57. The van der Waals surface area contributed by atoms with Crippen molar-refractivity contribution in [1.82, 2.24) is 14.7 Å². The van der Waals surface area contributed by atoms with Gasteiger partial charge in [0, 0.05) is 76.4 Å². The summed E-state index contributed by atoms with van der Waals surface area (Å²) in [5.41, 5.74) is 44.5. The summed E-state index contributed by atoms with van der Waals surface area (Å²) in [5.74, 6) is 1.70. The molecule has 5 atom stereocenters. The van der Waals surface area contributed by atoms with E-state index in [1.165, 1.54) is 162 Å². The van der Waals surface area contributed by atoms with Crippen LogP contribution in [-0.2, 0) is 34.9 Å². The number of hydrogen-bond acceptors (Lipinski definition) is 10. The van der Waals surface area contributed by atoms with Crippen molar-refractivity contribution in [1.29, 1.82) is 0 Å². The van der Waals surface area contributed by atoms with E-state index in [2.05, 4.69) is 521 Å². The Labute approximate surface area is 903 Å². The number of benzene rings is 15. The number of halogens is 2. The minimum absolute atomic E-state index is 0.0348. The Bertz CT molecular complexity index is 6570. The van der Waals surface area contributed by atoms with Crippen molar-refractivity contribution in [3.8, 4) is 55.6 Å². The van der Waals surface area contributed by atoms with Gasteiger partial charge in [-0.05, 0) is 427 Å². The van der Waals surface area contributed by atoms with Crippen LogP contribution in [0.1, 0.15) is 229 Å². The van der Waals surface area contributed by atoms with Gasteiger partial charge >= 0.3 is 14.2 Å². The summed E-state index contributed by atoms with van der Waals surface area (Å²) in [7, 11) is 12.6. The van der Waals surface area contributed by atoms with Crippen LogP contribution >= 0.6 is 31.9 Å². The van der Waals surface area contributed by atoms with E-state index in [0.717, 1.165) is 134 Å². The van der Waals surface area contributed by atoms with Gasteiger partial charge in [0.15, 0.2) is 0 Å². The first kappa shape index (κ1) is 108. The van der Waals surface area contributed by atoms with Crippen LogP contribution in [0, 0.1) is 27.7 Å². The second-order valence-corrected chi connectivity index (χ2v) is 44.8. The highest BCUT2D eigenvalue weighted by molar-refractivity contribution is 9.10. The first-order valence-corrected chi connectivity index (χ1v) is 56.0. The van der Waals surface area contributed by atoms with Gasteiger partial charge in [-0.2, -0.15) is 0 Å². The van der Waals surface area contributed by atoms with E-state index in [1.54, 1.807) is 0 Å².